The second kappa shape index (κ2) is 6.86. The number of benzene rings is 1. The van der Waals surface area contributed by atoms with E-state index in [2.05, 4.69) is 29.7 Å². The van der Waals surface area contributed by atoms with E-state index in [1.165, 1.54) is 5.56 Å². The van der Waals surface area contributed by atoms with E-state index in [1.807, 2.05) is 19.1 Å². The van der Waals surface area contributed by atoms with Crippen LogP contribution in [0.1, 0.15) is 30.9 Å². The molecule has 0 aliphatic carbocycles. The van der Waals surface area contributed by atoms with Gasteiger partial charge in [0.1, 0.15) is 0 Å². The highest BCUT2D eigenvalue weighted by Gasteiger charge is 2.25. The lowest BCUT2D eigenvalue weighted by Gasteiger charge is -2.17. The molecule has 3 unspecified atom stereocenters. The van der Waals surface area contributed by atoms with Crippen LogP contribution in [0.5, 0.6) is 0 Å². The Morgan fingerprint density at radius 1 is 1.40 bits per heavy atom. The lowest BCUT2D eigenvalue weighted by Crippen LogP contribution is -2.36. The van der Waals surface area contributed by atoms with Gasteiger partial charge in [0.25, 0.3) is 0 Å². The summed E-state index contributed by atoms with van der Waals surface area (Å²) in [4.78, 5) is 12.1. The summed E-state index contributed by atoms with van der Waals surface area (Å²) < 4.78 is 0. The van der Waals surface area contributed by atoms with Crippen molar-refractivity contribution < 1.29 is 9.90 Å². The van der Waals surface area contributed by atoms with Crippen molar-refractivity contribution in [3.8, 4) is 0 Å². The highest BCUT2D eigenvalue weighted by molar-refractivity contribution is 5.83. The van der Waals surface area contributed by atoms with Crippen molar-refractivity contribution in [3.63, 3.8) is 0 Å². The molecule has 0 bridgehead atoms. The summed E-state index contributed by atoms with van der Waals surface area (Å²) in [7, 11) is 0. The molecule has 2 rings (SSSR count). The summed E-state index contributed by atoms with van der Waals surface area (Å²) in [6.07, 6.45) is 0.655. The minimum atomic E-state index is -0.352. The number of β-amino-alcohol motifs (C(OH)–C–C–N with tert-alkyl or cyclic N) is 1. The van der Waals surface area contributed by atoms with E-state index in [9.17, 15) is 9.90 Å². The zero-order valence-electron chi connectivity index (χ0n) is 12.2. The van der Waals surface area contributed by atoms with Crippen LogP contribution in [0.3, 0.4) is 0 Å². The summed E-state index contributed by atoms with van der Waals surface area (Å²) in [5.41, 5.74) is 2.31. The molecule has 0 spiro atoms. The summed E-state index contributed by atoms with van der Waals surface area (Å²) in [6.45, 7) is 5.95. The third-order valence-corrected chi connectivity index (χ3v) is 4.12. The number of hydrogen-bond donors (Lipinski definition) is 3. The van der Waals surface area contributed by atoms with Crippen LogP contribution >= 0.6 is 0 Å². The molecular formula is C16H24N2O2. The van der Waals surface area contributed by atoms with Crippen LogP contribution in [0.2, 0.25) is 0 Å². The molecule has 1 amide bonds. The van der Waals surface area contributed by atoms with Gasteiger partial charge in [-0.2, -0.15) is 0 Å². The van der Waals surface area contributed by atoms with Crippen LogP contribution in [-0.4, -0.2) is 36.8 Å². The van der Waals surface area contributed by atoms with Crippen LogP contribution in [0.25, 0.3) is 0 Å². The lowest BCUT2D eigenvalue weighted by atomic mass is 9.98. The zero-order chi connectivity index (χ0) is 14.5. The topological polar surface area (TPSA) is 61.4 Å². The molecule has 1 aliphatic rings. The van der Waals surface area contributed by atoms with Gasteiger partial charge in [0.15, 0.2) is 0 Å². The van der Waals surface area contributed by atoms with Gasteiger partial charge in [-0.05, 0) is 24.5 Å². The first-order valence-corrected chi connectivity index (χ1v) is 7.37. The van der Waals surface area contributed by atoms with Crippen molar-refractivity contribution in [2.45, 2.75) is 32.3 Å². The summed E-state index contributed by atoms with van der Waals surface area (Å²) in [6, 6.07) is 8.19. The molecule has 1 aliphatic heterocycles. The van der Waals surface area contributed by atoms with Crippen LogP contribution in [0, 0.1) is 5.92 Å². The van der Waals surface area contributed by atoms with E-state index in [1.54, 1.807) is 0 Å². The second-order valence-electron chi connectivity index (χ2n) is 5.55. The maximum absolute atomic E-state index is 12.1. The van der Waals surface area contributed by atoms with Crippen molar-refractivity contribution in [2.24, 2.45) is 5.92 Å². The van der Waals surface area contributed by atoms with Crippen LogP contribution in [0.15, 0.2) is 24.3 Å². The Morgan fingerprint density at radius 2 is 2.10 bits per heavy atom. The van der Waals surface area contributed by atoms with Crippen LogP contribution in [-0.2, 0) is 11.2 Å². The highest BCUT2D eigenvalue weighted by atomic mass is 16.3. The monoisotopic (exact) mass is 276 g/mol. The molecule has 1 heterocycles. The van der Waals surface area contributed by atoms with E-state index in [0.29, 0.717) is 13.1 Å². The summed E-state index contributed by atoms with van der Waals surface area (Å²) >= 11 is 0. The number of carbonyl (C=O) groups excluding carboxylic acids is 1. The van der Waals surface area contributed by atoms with E-state index in [-0.39, 0.29) is 23.8 Å². The Balaban J connectivity index is 1.87. The average molecular weight is 276 g/mol. The van der Waals surface area contributed by atoms with Crippen molar-refractivity contribution in [2.75, 3.05) is 19.6 Å². The van der Waals surface area contributed by atoms with Crippen molar-refractivity contribution in [1.82, 2.24) is 10.6 Å². The van der Waals surface area contributed by atoms with Crippen molar-refractivity contribution >= 4 is 5.91 Å². The molecule has 1 aromatic carbocycles. The largest absolute Gasteiger partial charge is 0.391 e. The number of rotatable bonds is 5. The molecule has 4 heteroatoms. The second-order valence-corrected chi connectivity index (χ2v) is 5.55. The Morgan fingerprint density at radius 3 is 2.65 bits per heavy atom. The molecule has 0 saturated carbocycles. The smallest absolute Gasteiger partial charge is 0.227 e. The van der Waals surface area contributed by atoms with E-state index in [4.69, 9.17) is 0 Å². The number of aryl methyl sites for hydroxylation is 1. The maximum Gasteiger partial charge on any atom is 0.227 e. The van der Waals surface area contributed by atoms with Crippen LogP contribution < -0.4 is 10.6 Å². The number of nitrogens with one attached hydrogen (secondary N) is 2. The summed E-state index contributed by atoms with van der Waals surface area (Å²) in [5.74, 6) is -0.0191. The highest BCUT2D eigenvalue weighted by Crippen LogP contribution is 2.17. The minimum absolute atomic E-state index is 0.0216. The van der Waals surface area contributed by atoms with Crippen molar-refractivity contribution in [1.29, 1.82) is 0 Å². The first-order chi connectivity index (χ1) is 9.61. The third kappa shape index (κ3) is 3.58. The molecule has 4 nitrogen and oxygen atoms in total. The van der Waals surface area contributed by atoms with Gasteiger partial charge in [0.05, 0.1) is 12.0 Å². The number of carbonyl (C=O) groups is 1. The van der Waals surface area contributed by atoms with Gasteiger partial charge in [-0.3, -0.25) is 4.79 Å². The molecule has 0 radical (unpaired) electrons. The Hall–Kier alpha value is -1.39. The van der Waals surface area contributed by atoms with E-state index < -0.39 is 0 Å². The van der Waals surface area contributed by atoms with Gasteiger partial charge >= 0.3 is 0 Å². The SMILES string of the molecule is CCc1ccc(C(C)C(=O)NCC2CNCC2O)cc1. The molecule has 20 heavy (non-hydrogen) atoms. The fraction of sp³-hybridized carbons (Fsp3) is 0.562. The molecular weight excluding hydrogens is 252 g/mol. The Kier molecular flexibility index (Phi) is 5.15. The van der Waals surface area contributed by atoms with Gasteiger partial charge in [-0.15, -0.1) is 0 Å². The third-order valence-electron chi connectivity index (χ3n) is 4.12. The molecule has 110 valence electrons. The number of hydrogen-bond acceptors (Lipinski definition) is 3. The standard InChI is InChI=1S/C16H24N2O2/c1-3-12-4-6-13(7-5-12)11(2)16(20)18-9-14-8-17-10-15(14)19/h4-7,11,14-15,17,19H,3,8-10H2,1-2H3,(H,18,20). The van der Waals surface area contributed by atoms with Crippen LogP contribution in [0.4, 0.5) is 0 Å². The molecule has 1 aromatic rings. The fourth-order valence-corrected chi connectivity index (χ4v) is 2.51. The van der Waals surface area contributed by atoms with Gasteiger partial charge in [-0.25, -0.2) is 0 Å². The quantitative estimate of drug-likeness (QED) is 0.753. The Labute approximate surface area is 120 Å². The first kappa shape index (κ1) is 15.0. The number of aliphatic hydroxyl groups is 1. The average Bonchev–Trinajstić information content (AvgIpc) is 2.89. The Bertz CT molecular complexity index is 444. The zero-order valence-corrected chi connectivity index (χ0v) is 12.2. The van der Waals surface area contributed by atoms with Gasteiger partial charge in [0.2, 0.25) is 5.91 Å². The molecule has 3 atom stereocenters. The van der Waals surface area contributed by atoms with E-state index in [0.717, 1.165) is 18.5 Å². The number of aliphatic hydroxyl groups excluding tert-OH is 1. The lowest BCUT2D eigenvalue weighted by molar-refractivity contribution is -0.122. The molecule has 3 N–H and O–H groups in total. The molecule has 0 aromatic heterocycles. The van der Waals surface area contributed by atoms with Gasteiger partial charge in [-0.1, -0.05) is 31.2 Å². The maximum atomic E-state index is 12.1. The minimum Gasteiger partial charge on any atom is -0.391 e. The van der Waals surface area contributed by atoms with E-state index >= 15 is 0 Å². The van der Waals surface area contributed by atoms with Gasteiger partial charge in [0, 0.05) is 25.6 Å². The number of amides is 1. The van der Waals surface area contributed by atoms with Crippen molar-refractivity contribution in [3.05, 3.63) is 35.4 Å². The summed E-state index contributed by atoms with van der Waals surface area (Å²) in [5, 5.41) is 15.8. The molecule has 1 saturated heterocycles. The predicted molar refractivity (Wildman–Crippen MR) is 79.6 cm³/mol. The normalized spacial score (nSPS) is 23.6. The fourth-order valence-electron chi connectivity index (χ4n) is 2.51. The predicted octanol–water partition coefficient (Wildman–Crippen LogP) is 1.05. The first-order valence-electron chi connectivity index (χ1n) is 7.37. The van der Waals surface area contributed by atoms with Gasteiger partial charge < -0.3 is 15.7 Å². The molecule has 1 fully saturated rings.